The van der Waals surface area contributed by atoms with Crippen molar-refractivity contribution < 1.29 is 5.11 Å². The highest BCUT2D eigenvalue weighted by Crippen LogP contribution is 2.13. The van der Waals surface area contributed by atoms with Crippen LogP contribution in [0.25, 0.3) is 0 Å². The molecule has 26 heavy (non-hydrogen) atoms. The molecule has 0 bridgehead atoms. The van der Waals surface area contributed by atoms with Gasteiger partial charge in [-0.2, -0.15) is 0 Å². The number of aliphatic hydroxyl groups is 1. The molecule has 0 heterocycles. The summed E-state index contributed by atoms with van der Waals surface area (Å²) < 4.78 is 0. The van der Waals surface area contributed by atoms with Crippen molar-refractivity contribution in [3.05, 3.63) is 12.0 Å². The summed E-state index contributed by atoms with van der Waals surface area (Å²) in [5.74, 6) is 0.520. The Morgan fingerprint density at radius 1 is 0.577 bits per heavy atom. The third-order valence-corrected chi connectivity index (χ3v) is 5.23. The van der Waals surface area contributed by atoms with Crippen molar-refractivity contribution in [1.82, 2.24) is 5.32 Å². The first-order chi connectivity index (χ1) is 12.8. The molecule has 0 saturated carbocycles. The van der Waals surface area contributed by atoms with Crippen molar-refractivity contribution in [2.75, 3.05) is 6.54 Å². The number of allylic oxidation sites excluding steroid dienone is 1. The number of aliphatic hydroxyl groups excluding tert-OH is 1. The monoisotopic (exact) mass is 367 g/mol. The average Bonchev–Trinajstić information content (AvgIpc) is 2.65. The number of nitrogens with one attached hydrogen (secondary N) is 1. The Morgan fingerprint density at radius 2 is 0.962 bits per heavy atom. The lowest BCUT2D eigenvalue weighted by Crippen LogP contribution is -2.08. The van der Waals surface area contributed by atoms with Gasteiger partial charge in [-0.3, -0.25) is 0 Å². The standard InChI is InChI=1S/C24H49NO/c1-3-5-7-9-10-11-12-13-14-15-16-17-18-20-22-25-23-24(26)21-19-8-6-4-2/h23,25-26H,3-22H2,1-2H3. The van der Waals surface area contributed by atoms with E-state index in [1.807, 2.05) is 6.20 Å². The maximum absolute atomic E-state index is 9.76. The molecule has 0 unspecified atom stereocenters. The van der Waals surface area contributed by atoms with Gasteiger partial charge in [0, 0.05) is 19.2 Å². The molecule has 0 aromatic rings. The highest BCUT2D eigenvalue weighted by molar-refractivity contribution is 4.88. The molecule has 0 rings (SSSR count). The van der Waals surface area contributed by atoms with Crippen LogP contribution < -0.4 is 5.32 Å². The van der Waals surface area contributed by atoms with E-state index < -0.39 is 0 Å². The Labute approximate surface area is 165 Å². The topological polar surface area (TPSA) is 32.3 Å². The van der Waals surface area contributed by atoms with Crippen LogP contribution in [-0.2, 0) is 0 Å². The van der Waals surface area contributed by atoms with Gasteiger partial charge in [-0.1, -0.05) is 117 Å². The summed E-state index contributed by atoms with van der Waals surface area (Å²) >= 11 is 0. The number of rotatable bonds is 21. The van der Waals surface area contributed by atoms with Gasteiger partial charge in [0.15, 0.2) is 0 Å². The first-order valence-electron chi connectivity index (χ1n) is 11.9. The molecule has 0 aliphatic rings. The second-order valence-corrected chi connectivity index (χ2v) is 8.00. The molecule has 0 spiro atoms. The van der Waals surface area contributed by atoms with Gasteiger partial charge in [-0.25, -0.2) is 0 Å². The van der Waals surface area contributed by atoms with Crippen LogP contribution >= 0.6 is 0 Å². The molecule has 2 nitrogen and oxygen atoms in total. The normalized spacial score (nSPS) is 11.8. The van der Waals surface area contributed by atoms with Crippen molar-refractivity contribution in [3.8, 4) is 0 Å². The predicted molar refractivity (Wildman–Crippen MR) is 118 cm³/mol. The number of hydrogen-bond acceptors (Lipinski definition) is 2. The molecule has 0 fully saturated rings. The lowest BCUT2D eigenvalue weighted by Gasteiger charge is -2.04. The van der Waals surface area contributed by atoms with Crippen LogP contribution in [-0.4, -0.2) is 11.7 Å². The number of unbranched alkanes of at least 4 members (excludes halogenated alkanes) is 16. The highest BCUT2D eigenvalue weighted by atomic mass is 16.3. The van der Waals surface area contributed by atoms with Crippen LogP contribution in [0.5, 0.6) is 0 Å². The quantitative estimate of drug-likeness (QED) is 0.157. The summed E-state index contributed by atoms with van der Waals surface area (Å²) in [6, 6.07) is 0. The summed E-state index contributed by atoms with van der Waals surface area (Å²) in [6.45, 7) is 5.50. The zero-order valence-corrected chi connectivity index (χ0v) is 18.2. The Hall–Kier alpha value is -0.660. The average molecular weight is 368 g/mol. The summed E-state index contributed by atoms with van der Waals surface area (Å²) in [5, 5.41) is 13.0. The van der Waals surface area contributed by atoms with Crippen LogP contribution in [0.1, 0.15) is 136 Å². The zero-order chi connectivity index (χ0) is 19.1. The van der Waals surface area contributed by atoms with Crippen LogP contribution in [0.2, 0.25) is 0 Å². The van der Waals surface area contributed by atoms with Crippen LogP contribution in [0.3, 0.4) is 0 Å². The molecule has 0 atom stereocenters. The molecule has 0 aliphatic heterocycles. The van der Waals surface area contributed by atoms with Gasteiger partial charge >= 0.3 is 0 Å². The number of hydrogen-bond donors (Lipinski definition) is 2. The van der Waals surface area contributed by atoms with Gasteiger partial charge in [-0.15, -0.1) is 0 Å². The van der Waals surface area contributed by atoms with Crippen molar-refractivity contribution >= 4 is 0 Å². The lowest BCUT2D eigenvalue weighted by atomic mass is 10.0. The fourth-order valence-corrected chi connectivity index (χ4v) is 3.42. The van der Waals surface area contributed by atoms with Gasteiger partial charge in [-0.05, 0) is 12.8 Å². The minimum Gasteiger partial charge on any atom is -0.511 e. The van der Waals surface area contributed by atoms with Crippen molar-refractivity contribution in [1.29, 1.82) is 0 Å². The zero-order valence-electron chi connectivity index (χ0n) is 18.2. The smallest absolute Gasteiger partial charge is 0.108 e. The van der Waals surface area contributed by atoms with Crippen LogP contribution in [0, 0.1) is 0 Å². The summed E-state index contributed by atoms with van der Waals surface area (Å²) in [6.07, 6.45) is 27.1. The fourth-order valence-electron chi connectivity index (χ4n) is 3.42. The second-order valence-electron chi connectivity index (χ2n) is 8.00. The molecule has 2 heteroatoms. The SMILES string of the molecule is CCCCCCCCCCCCCCCCNC=C(O)CCCCCC. The van der Waals surface area contributed by atoms with E-state index in [0.29, 0.717) is 5.76 Å². The van der Waals surface area contributed by atoms with E-state index in [9.17, 15) is 5.11 Å². The van der Waals surface area contributed by atoms with Crippen molar-refractivity contribution in [3.63, 3.8) is 0 Å². The minimum atomic E-state index is 0.520. The lowest BCUT2D eigenvalue weighted by molar-refractivity contribution is 0.375. The van der Waals surface area contributed by atoms with Gasteiger partial charge in [0.05, 0.1) is 0 Å². The summed E-state index contributed by atoms with van der Waals surface area (Å²) in [4.78, 5) is 0. The van der Waals surface area contributed by atoms with Crippen LogP contribution in [0.15, 0.2) is 12.0 Å². The Kier molecular flexibility index (Phi) is 21.8. The molecular formula is C24H49NO. The van der Waals surface area contributed by atoms with E-state index in [4.69, 9.17) is 0 Å². The highest BCUT2D eigenvalue weighted by Gasteiger charge is 1.95. The molecule has 0 amide bonds. The van der Waals surface area contributed by atoms with E-state index in [0.717, 1.165) is 19.4 Å². The fraction of sp³-hybridized carbons (Fsp3) is 0.917. The van der Waals surface area contributed by atoms with Gasteiger partial charge in [0.25, 0.3) is 0 Å². The van der Waals surface area contributed by atoms with E-state index in [1.165, 1.54) is 109 Å². The first-order valence-corrected chi connectivity index (χ1v) is 11.9. The largest absolute Gasteiger partial charge is 0.511 e. The van der Waals surface area contributed by atoms with Crippen molar-refractivity contribution in [2.24, 2.45) is 0 Å². The first kappa shape index (κ1) is 25.3. The summed E-state index contributed by atoms with van der Waals surface area (Å²) in [7, 11) is 0. The molecular weight excluding hydrogens is 318 g/mol. The minimum absolute atomic E-state index is 0.520. The predicted octanol–water partition coefficient (Wildman–Crippen LogP) is 8.43. The van der Waals surface area contributed by atoms with E-state index in [1.54, 1.807) is 0 Å². The maximum atomic E-state index is 9.76. The van der Waals surface area contributed by atoms with Crippen LogP contribution in [0.4, 0.5) is 0 Å². The summed E-state index contributed by atoms with van der Waals surface area (Å²) in [5.41, 5.74) is 0. The van der Waals surface area contributed by atoms with Crippen molar-refractivity contribution in [2.45, 2.75) is 136 Å². The van der Waals surface area contributed by atoms with E-state index in [2.05, 4.69) is 19.2 Å². The Bertz CT molecular complexity index is 288. The molecule has 0 aromatic heterocycles. The molecule has 0 aliphatic carbocycles. The van der Waals surface area contributed by atoms with E-state index in [-0.39, 0.29) is 0 Å². The third-order valence-electron chi connectivity index (χ3n) is 5.23. The van der Waals surface area contributed by atoms with Gasteiger partial charge in [0.1, 0.15) is 5.76 Å². The third kappa shape index (κ3) is 21.4. The molecule has 2 N–H and O–H groups in total. The molecule has 0 radical (unpaired) electrons. The molecule has 0 aromatic carbocycles. The molecule has 0 saturated heterocycles. The van der Waals surface area contributed by atoms with E-state index >= 15 is 0 Å². The Morgan fingerprint density at radius 3 is 1.42 bits per heavy atom. The molecule has 156 valence electrons. The maximum Gasteiger partial charge on any atom is 0.108 e. The second kappa shape index (κ2) is 22.4. The van der Waals surface area contributed by atoms with Gasteiger partial charge < -0.3 is 10.4 Å². The Balaban J connectivity index is 3.15. The van der Waals surface area contributed by atoms with Gasteiger partial charge in [0.2, 0.25) is 0 Å².